The molecule has 0 rings (SSSR count). The van der Waals surface area contributed by atoms with E-state index < -0.39 is 0 Å². The van der Waals surface area contributed by atoms with E-state index >= 15 is 0 Å². The molecule has 0 aromatic rings. The van der Waals surface area contributed by atoms with Crippen LogP contribution in [0.3, 0.4) is 0 Å². The van der Waals surface area contributed by atoms with Gasteiger partial charge in [-0.3, -0.25) is 0 Å². The zero-order valence-corrected chi connectivity index (χ0v) is 6.96. The Balaban J connectivity index is 4.03. The van der Waals surface area contributed by atoms with Crippen molar-refractivity contribution in [3.05, 3.63) is 11.6 Å². The number of carbonyl (C=O) groups excluding carboxylic acids is 1. The van der Waals surface area contributed by atoms with Gasteiger partial charge < -0.3 is 9.84 Å². The number of hydrogen-bond donors (Lipinski definition) is 1. The molecule has 0 radical (unpaired) electrons. The SMILES string of the molecule is CCOC(=O)C(=CCO)CC. The van der Waals surface area contributed by atoms with Gasteiger partial charge in [0.05, 0.1) is 13.2 Å². The van der Waals surface area contributed by atoms with E-state index in [1.165, 1.54) is 6.08 Å². The fourth-order valence-electron chi connectivity index (χ4n) is 0.706. The highest BCUT2D eigenvalue weighted by molar-refractivity contribution is 5.88. The highest BCUT2D eigenvalue weighted by Gasteiger charge is 2.05. The summed E-state index contributed by atoms with van der Waals surface area (Å²) in [6, 6.07) is 0. The summed E-state index contributed by atoms with van der Waals surface area (Å²) < 4.78 is 4.73. The van der Waals surface area contributed by atoms with Gasteiger partial charge in [0.1, 0.15) is 0 Å². The van der Waals surface area contributed by atoms with Gasteiger partial charge in [-0.25, -0.2) is 4.79 Å². The van der Waals surface area contributed by atoms with E-state index in [2.05, 4.69) is 0 Å². The molecule has 0 aromatic heterocycles. The Labute approximate surface area is 66.7 Å². The molecule has 0 amide bonds. The maximum absolute atomic E-state index is 11.0. The highest BCUT2D eigenvalue weighted by Crippen LogP contribution is 2.02. The molecule has 3 nitrogen and oxygen atoms in total. The minimum absolute atomic E-state index is 0.109. The summed E-state index contributed by atoms with van der Waals surface area (Å²) >= 11 is 0. The molecular formula is C8H14O3. The zero-order chi connectivity index (χ0) is 8.69. The predicted molar refractivity (Wildman–Crippen MR) is 42.1 cm³/mol. The molecule has 1 N–H and O–H groups in total. The van der Waals surface area contributed by atoms with Crippen LogP contribution in [0.25, 0.3) is 0 Å². The van der Waals surface area contributed by atoms with E-state index in [4.69, 9.17) is 9.84 Å². The van der Waals surface area contributed by atoms with Crippen molar-refractivity contribution in [3.8, 4) is 0 Å². The molecule has 0 aliphatic heterocycles. The minimum Gasteiger partial charge on any atom is -0.463 e. The van der Waals surface area contributed by atoms with Crippen LogP contribution < -0.4 is 0 Å². The lowest BCUT2D eigenvalue weighted by molar-refractivity contribution is -0.138. The average molecular weight is 158 g/mol. The third-order valence-electron chi connectivity index (χ3n) is 1.26. The number of aliphatic hydroxyl groups is 1. The first-order valence-electron chi connectivity index (χ1n) is 3.73. The van der Waals surface area contributed by atoms with Gasteiger partial charge in [-0.1, -0.05) is 6.92 Å². The fourth-order valence-corrected chi connectivity index (χ4v) is 0.706. The van der Waals surface area contributed by atoms with Crippen LogP contribution in [0.4, 0.5) is 0 Å². The standard InChI is InChI=1S/C8H14O3/c1-3-7(5-6-9)8(10)11-4-2/h5,9H,3-4,6H2,1-2H3. The van der Waals surface area contributed by atoms with Gasteiger partial charge in [0.25, 0.3) is 0 Å². The van der Waals surface area contributed by atoms with Crippen LogP contribution in [-0.4, -0.2) is 24.3 Å². The second kappa shape index (κ2) is 5.92. The first kappa shape index (κ1) is 10.2. The molecular weight excluding hydrogens is 144 g/mol. The van der Waals surface area contributed by atoms with Crippen molar-refractivity contribution in [3.63, 3.8) is 0 Å². The van der Waals surface area contributed by atoms with Gasteiger partial charge >= 0.3 is 5.97 Å². The van der Waals surface area contributed by atoms with E-state index in [0.29, 0.717) is 18.6 Å². The summed E-state index contributed by atoms with van der Waals surface area (Å²) in [6.07, 6.45) is 2.07. The van der Waals surface area contributed by atoms with Crippen molar-refractivity contribution in [2.75, 3.05) is 13.2 Å². The molecule has 11 heavy (non-hydrogen) atoms. The number of hydrogen-bond acceptors (Lipinski definition) is 3. The van der Waals surface area contributed by atoms with Crippen LogP contribution in [0, 0.1) is 0 Å². The molecule has 0 bridgehead atoms. The van der Waals surface area contributed by atoms with E-state index in [1.807, 2.05) is 6.92 Å². The molecule has 0 heterocycles. The van der Waals surface area contributed by atoms with Gasteiger partial charge in [0.2, 0.25) is 0 Å². The summed E-state index contributed by atoms with van der Waals surface area (Å²) in [5, 5.41) is 8.50. The summed E-state index contributed by atoms with van der Waals surface area (Å²) in [6.45, 7) is 3.87. The lowest BCUT2D eigenvalue weighted by atomic mass is 10.2. The minimum atomic E-state index is -0.330. The lowest BCUT2D eigenvalue weighted by Crippen LogP contribution is -2.07. The molecule has 0 atom stereocenters. The zero-order valence-electron chi connectivity index (χ0n) is 6.96. The molecule has 0 aliphatic carbocycles. The van der Waals surface area contributed by atoms with Crippen LogP contribution in [0.1, 0.15) is 20.3 Å². The number of carbonyl (C=O) groups is 1. The van der Waals surface area contributed by atoms with Crippen LogP contribution in [0.5, 0.6) is 0 Å². The third-order valence-corrected chi connectivity index (χ3v) is 1.26. The Morgan fingerprint density at radius 3 is 2.55 bits per heavy atom. The summed E-state index contributed by atoms with van der Waals surface area (Å²) in [7, 11) is 0. The monoisotopic (exact) mass is 158 g/mol. The summed E-state index contributed by atoms with van der Waals surface area (Å²) in [5.41, 5.74) is 0.536. The normalized spacial score (nSPS) is 11.4. The molecule has 0 saturated heterocycles. The second-order valence-corrected chi connectivity index (χ2v) is 1.99. The smallest absolute Gasteiger partial charge is 0.333 e. The van der Waals surface area contributed by atoms with Crippen LogP contribution >= 0.6 is 0 Å². The van der Waals surface area contributed by atoms with Crippen molar-refractivity contribution in [2.24, 2.45) is 0 Å². The van der Waals surface area contributed by atoms with Crippen LogP contribution in [0.15, 0.2) is 11.6 Å². The molecule has 0 aromatic carbocycles. The predicted octanol–water partition coefficient (Wildman–Crippen LogP) is 0.878. The number of ether oxygens (including phenoxy) is 1. The Morgan fingerprint density at radius 2 is 2.18 bits per heavy atom. The Morgan fingerprint density at radius 1 is 1.55 bits per heavy atom. The van der Waals surface area contributed by atoms with Crippen molar-refractivity contribution >= 4 is 5.97 Å². The largest absolute Gasteiger partial charge is 0.463 e. The molecule has 0 saturated carbocycles. The lowest BCUT2D eigenvalue weighted by Gasteiger charge is -2.02. The molecule has 3 heteroatoms. The average Bonchev–Trinajstić information content (AvgIpc) is 2.00. The first-order valence-corrected chi connectivity index (χ1v) is 3.73. The quantitative estimate of drug-likeness (QED) is 0.488. The van der Waals surface area contributed by atoms with E-state index in [1.54, 1.807) is 6.92 Å². The highest BCUT2D eigenvalue weighted by atomic mass is 16.5. The number of aliphatic hydroxyl groups excluding tert-OH is 1. The maximum atomic E-state index is 11.0. The number of rotatable bonds is 4. The molecule has 64 valence electrons. The molecule has 0 fully saturated rings. The van der Waals surface area contributed by atoms with Crippen molar-refractivity contribution < 1.29 is 14.6 Å². The van der Waals surface area contributed by atoms with Crippen LogP contribution in [-0.2, 0) is 9.53 Å². The fraction of sp³-hybridized carbons (Fsp3) is 0.625. The van der Waals surface area contributed by atoms with Crippen LogP contribution in [0.2, 0.25) is 0 Å². The van der Waals surface area contributed by atoms with Gasteiger partial charge in [-0.15, -0.1) is 0 Å². The van der Waals surface area contributed by atoms with Crippen molar-refractivity contribution in [1.82, 2.24) is 0 Å². The second-order valence-electron chi connectivity index (χ2n) is 1.99. The third kappa shape index (κ3) is 3.78. The summed E-state index contributed by atoms with van der Waals surface area (Å²) in [5.74, 6) is -0.330. The summed E-state index contributed by atoms with van der Waals surface area (Å²) in [4.78, 5) is 11.0. The molecule has 0 aliphatic rings. The van der Waals surface area contributed by atoms with Crippen molar-refractivity contribution in [2.45, 2.75) is 20.3 Å². The number of esters is 1. The van der Waals surface area contributed by atoms with E-state index in [9.17, 15) is 4.79 Å². The Hall–Kier alpha value is -0.830. The molecule has 0 spiro atoms. The Bertz CT molecular complexity index is 149. The van der Waals surface area contributed by atoms with E-state index in [-0.39, 0.29) is 12.6 Å². The van der Waals surface area contributed by atoms with Gasteiger partial charge in [0.15, 0.2) is 0 Å². The first-order chi connectivity index (χ1) is 5.26. The van der Waals surface area contributed by atoms with Gasteiger partial charge in [-0.05, 0) is 19.4 Å². The van der Waals surface area contributed by atoms with Gasteiger partial charge in [0, 0.05) is 5.57 Å². The van der Waals surface area contributed by atoms with Crippen molar-refractivity contribution in [1.29, 1.82) is 0 Å². The Kier molecular flexibility index (Phi) is 5.47. The molecule has 0 unspecified atom stereocenters. The topological polar surface area (TPSA) is 46.5 Å². The van der Waals surface area contributed by atoms with E-state index in [0.717, 1.165) is 0 Å². The maximum Gasteiger partial charge on any atom is 0.333 e. The van der Waals surface area contributed by atoms with Gasteiger partial charge in [-0.2, -0.15) is 0 Å².